The average molecular weight is 907 g/mol. The molecule has 0 saturated carbocycles. The molecule has 0 aromatic rings. The van der Waals surface area contributed by atoms with Gasteiger partial charge in [0, 0.05) is 6.42 Å². The standard InChI is InChI=1S/C61H111NO3/c1-3-5-7-9-11-13-15-17-18-19-20-21-22-23-24-25-26-27-28-29-30-31-32-33-34-35-36-37-38-39-40-41-42-43-44-45-47-49-51-53-55-57-61(65)62-59(58-63)60(64)56-54-52-50-48-46-16-14-12-10-8-6-4-2/h5,7,11,13,17-18,20-21,23-24,54,56,59-60,63-64H,3-4,6,8-10,12,14-16,19,22,25-53,55,57-58H2,1-2H3,(H,62,65)/b7-5-,13-11-,18-17-,21-20-,24-23-,56-54+. The van der Waals surface area contributed by atoms with E-state index in [1.807, 2.05) is 6.08 Å². The SMILES string of the molecule is CC/C=C\C/C=C\C/C=C\C/C=C\C/C=C\CCCCCCCCCCCCCCCCCCCCCCCCCCCC(=O)NC(CO)C(O)/C=C/CCCCCCCCCCCC. The summed E-state index contributed by atoms with van der Waals surface area (Å²) in [6, 6.07) is -0.620. The molecule has 0 aliphatic heterocycles. The number of carbonyl (C=O) groups excluding carboxylic acids is 1. The van der Waals surface area contributed by atoms with Crippen LogP contribution in [-0.2, 0) is 4.79 Å². The second-order valence-corrected chi connectivity index (χ2v) is 19.3. The molecule has 0 aromatic carbocycles. The smallest absolute Gasteiger partial charge is 0.220 e. The van der Waals surface area contributed by atoms with Gasteiger partial charge in [-0.15, -0.1) is 0 Å². The van der Waals surface area contributed by atoms with E-state index in [0.29, 0.717) is 6.42 Å². The molecule has 0 radical (unpaired) electrons. The van der Waals surface area contributed by atoms with Crippen molar-refractivity contribution in [3.63, 3.8) is 0 Å². The molecular formula is C61H111NO3. The van der Waals surface area contributed by atoms with Crippen LogP contribution in [0.2, 0.25) is 0 Å². The summed E-state index contributed by atoms with van der Waals surface area (Å²) >= 11 is 0. The lowest BCUT2D eigenvalue weighted by Gasteiger charge is -2.20. The second-order valence-electron chi connectivity index (χ2n) is 19.3. The van der Waals surface area contributed by atoms with E-state index < -0.39 is 12.1 Å². The van der Waals surface area contributed by atoms with Crippen LogP contribution in [0, 0.1) is 0 Å². The van der Waals surface area contributed by atoms with E-state index in [9.17, 15) is 15.0 Å². The molecule has 0 aliphatic carbocycles. The van der Waals surface area contributed by atoms with Crippen LogP contribution in [0.3, 0.4) is 0 Å². The number of aliphatic hydroxyl groups is 2. The molecule has 4 heteroatoms. The van der Waals surface area contributed by atoms with E-state index in [-0.39, 0.29) is 12.5 Å². The average Bonchev–Trinajstić information content (AvgIpc) is 3.31. The Hall–Kier alpha value is -2.17. The first kappa shape index (κ1) is 62.8. The highest BCUT2D eigenvalue weighted by molar-refractivity contribution is 5.76. The number of rotatable bonds is 52. The van der Waals surface area contributed by atoms with Gasteiger partial charge in [-0.1, -0.05) is 292 Å². The Balaban J connectivity index is 3.39. The minimum absolute atomic E-state index is 0.0616. The summed E-state index contributed by atoms with van der Waals surface area (Å²) < 4.78 is 0. The van der Waals surface area contributed by atoms with E-state index in [1.54, 1.807) is 6.08 Å². The van der Waals surface area contributed by atoms with Crippen LogP contribution in [0.25, 0.3) is 0 Å². The Morgan fingerprint density at radius 1 is 0.385 bits per heavy atom. The minimum atomic E-state index is -0.837. The molecule has 0 rings (SSSR count). The zero-order valence-corrected chi connectivity index (χ0v) is 43.5. The van der Waals surface area contributed by atoms with E-state index >= 15 is 0 Å². The summed E-state index contributed by atoms with van der Waals surface area (Å²) in [5, 5.41) is 23.0. The molecule has 0 heterocycles. The van der Waals surface area contributed by atoms with Crippen molar-refractivity contribution in [1.29, 1.82) is 0 Å². The van der Waals surface area contributed by atoms with E-state index in [4.69, 9.17) is 0 Å². The molecule has 0 aliphatic rings. The first-order valence-corrected chi connectivity index (χ1v) is 28.7. The predicted octanol–water partition coefficient (Wildman–Crippen LogP) is 19.0. The molecule has 0 saturated heterocycles. The van der Waals surface area contributed by atoms with Crippen molar-refractivity contribution >= 4 is 5.91 Å². The van der Waals surface area contributed by atoms with Crippen LogP contribution in [0.4, 0.5) is 0 Å². The summed E-state index contributed by atoms with van der Waals surface area (Å²) in [5.41, 5.74) is 0. The van der Waals surface area contributed by atoms with E-state index in [2.05, 4.69) is 79.9 Å². The topological polar surface area (TPSA) is 69.6 Å². The van der Waals surface area contributed by atoms with Crippen molar-refractivity contribution in [2.24, 2.45) is 0 Å². The Bertz CT molecular complexity index is 1120. The van der Waals surface area contributed by atoms with Crippen LogP contribution in [-0.4, -0.2) is 34.9 Å². The number of allylic oxidation sites excluding steroid dienone is 11. The van der Waals surface area contributed by atoms with Crippen LogP contribution in [0.5, 0.6) is 0 Å². The lowest BCUT2D eigenvalue weighted by molar-refractivity contribution is -0.123. The maximum absolute atomic E-state index is 12.4. The van der Waals surface area contributed by atoms with E-state index in [0.717, 1.165) is 57.8 Å². The number of aliphatic hydroxyl groups excluding tert-OH is 2. The van der Waals surface area contributed by atoms with Crippen molar-refractivity contribution in [2.45, 2.75) is 302 Å². The maximum atomic E-state index is 12.4. The van der Waals surface area contributed by atoms with Crippen LogP contribution in [0.15, 0.2) is 72.9 Å². The number of hydrogen-bond donors (Lipinski definition) is 3. The lowest BCUT2D eigenvalue weighted by atomic mass is 10.0. The fraction of sp³-hybridized carbons (Fsp3) is 0.787. The van der Waals surface area contributed by atoms with Crippen molar-refractivity contribution in [2.75, 3.05) is 6.61 Å². The van der Waals surface area contributed by atoms with Crippen LogP contribution >= 0.6 is 0 Å². The van der Waals surface area contributed by atoms with Gasteiger partial charge in [0.15, 0.2) is 0 Å². The van der Waals surface area contributed by atoms with Gasteiger partial charge in [0.25, 0.3) is 0 Å². The van der Waals surface area contributed by atoms with Gasteiger partial charge in [-0.05, 0) is 64.2 Å². The van der Waals surface area contributed by atoms with Gasteiger partial charge in [-0.25, -0.2) is 0 Å². The zero-order chi connectivity index (χ0) is 47.0. The third kappa shape index (κ3) is 52.7. The van der Waals surface area contributed by atoms with Gasteiger partial charge in [-0.3, -0.25) is 4.79 Å². The van der Waals surface area contributed by atoms with Gasteiger partial charge in [0.05, 0.1) is 18.8 Å². The van der Waals surface area contributed by atoms with Crippen LogP contribution < -0.4 is 5.32 Å². The zero-order valence-electron chi connectivity index (χ0n) is 43.5. The lowest BCUT2D eigenvalue weighted by Crippen LogP contribution is -2.45. The van der Waals surface area contributed by atoms with Gasteiger partial charge in [0.1, 0.15) is 0 Å². The molecular weight excluding hydrogens is 795 g/mol. The number of amides is 1. The first-order chi connectivity index (χ1) is 32.2. The van der Waals surface area contributed by atoms with E-state index in [1.165, 1.54) is 212 Å². The van der Waals surface area contributed by atoms with Gasteiger partial charge >= 0.3 is 0 Å². The third-order valence-corrected chi connectivity index (χ3v) is 12.9. The normalized spacial score (nSPS) is 13.4. The van der Waals surface area contributed by atoms with Crippen molar-refractivity contribution in [3.05, 3.63) is 72.9 Å². The number of carbonyl (C=O) groups is 1. The number of hydrogen-bond acceptors (Lipinski definition) is 3. The molecule has 65 heavy (non-hydrogen) atoms. The van der Waals surface area contributed by atoms with Gasteiger partial charge < -0.3 is 15.5 Å². The summed E-state index contributed by atoms with van der Waals surface area (Å²) in [6.45, 7) is 4.19. The first-order valence-electron chi connectivity index (χ1n) is 28.7. The number of nitrogens with one attached hydrogen (secondary N) is 1. The summed E-state index contributed by atoms with van der Waals surface area (Å²) in [6.07, 6.45) is 80.8. The van der Waals surface area contributed by atoms with Gasteiger partial charge in [-0.2, -0.15) is 0 Å². The molecule has 0 spiro atoms. The highest BCUT2D eigenvalue weighted by Crippen LogP contribution is 2.17. The Labute approximate surface area is 406 Å². The molecule has 4 nitrogen and oxygen atoms in total. The van der Waals surface area contributed by atoms with Crippen molar-refractivity contribution in [3.8, 4) is 0 Å². The molecule has 0 bridgehead atoms. The monoisotopic (exact) mass is 906 g/mol. The predicted molar refractivity (Wildman–Crippen MR) is 290 cm³/mol. The van der Waals surface area contributed by atoms with Crippen molar-refractivity contribution < 1.29 is 15.0 Å². The molecule has 1 amide bonds. The summed E-state index contributed by atoms with van der Waals surface area (Å²) in [5.74, 6) is -0.0616. The molecule has 378 valence electrons. The minimum Gasteiger partial charge on any atom is -0.394 e. The third-order valence-electron chi connectivity index (χ3n) is 12.9. The highest BCUT2D eigenvalue weighted by Gasteiger charge is 2.18. The molecule has 3 N–H and O–H groups in total. The summed E-state index contributed by atoms with van der Waals surface area (Å²) in [7, 11) is 0. The van der Waals surface area contributed by atoms with Crippen LogP contribution in [0.1, 0.15) is 290 Å². The molecule has 2 atom stereocenters. The fourth-order valence-corrected chi connectivity index (χ4v) is 8.62. The molecule has 0 fully saturated rings. The highest BCUT2D eigenvalue weighted by atomic mass is 16.3. The number of unbranched alkanes of at least 4 members (excludes halogenated alkanes) is 35. The Morgan fingerprint density at radius 2 is 0.677 bits per heavy atom. The fourth-order valence-electron chi connectivity index (χ4n) is 8.62. The largest absolute Gasteiger partial charge is 0.394 e. The quantitative estimate of drug-likeness (QED) is 0.0421. The van der Waals surface area contributed by atoms with Gasteiger partial charge in [0.2, 0.25) is 5.91 Å². The van der Waals surface area contributed by atoms with Crippen molar-refractivity contribution in [1.82, 2.24) is 5.32 Å². The molecule has 0 aromatic heterocycles. The molecule has 2 unspecified atom stereocenters. The summed E-state index contributed by atoms with van der Waals surface area (Å²) in [4.78, 5) is 12.4. The maximum Gasteiger partial charge on any atom is 0.220 e. The Morgan fingerprint density at radius 3 is 1.02 bits per heavy atom. The second kappa shape index (κ2) is 56.2. The Kier molecular flexibility index (Phi) is 54.3.